The first-order chi connectivity index (χ1) is 10.6. The van der Waals surface area contributed by atoms with E-state index in [0.717, 1.165) is 12.0 Å². The number of carbonyl (C=O) groups is 1. The second-order valence-electron chi connectivity index (χ2n) is 5.48. The molecule has 0 aliphatic carbocycles. The van der Waals surface area contributed by atoms with Crippen molar-refractivity contribution in [3.05, 3.63) is 47.1 Å². The van der Waals surface area contributed by atoms with Gasteiger partial charge in [0.05, 0.1) is 19.1 Å². The van der Waals surface area contributed by atoms with Gasteiger partial charge in [0.15, 0.2) is 5.82 Å². The number of ether oxygens (including phenoxy) is 1. The van der Waals surface area contributed by atoms with Crippen LogP contribution in [-0.2, 0) is 16.0 Å². The van der Waals surface area contributed by atoms with Gasteiger partial charge in [-0.3, -0.25) is 4.79 Å². The van der Waals surface area contributed by atoms with Gasteiger partial charge in [0.1, 0.15) is 6.04 Å². The van der Waals surface area contributed by atoms with Crippen LogP contribution >= 0.6 is 0 Å². The van der Waals surface area contributed by atoms with Gasteiger partial charge in [-0.1, -0.05) is 29.4 Å². The predicted molar refractivity (Wildman–Crippen MR) is 79.0 cm³/mol. The molecule has 3 rings (SSSR count). The Kier molecular flexibility index (Phi) is 4.20. The van der Waals surface area contributed by atoms with Gasteiger partial charge >= 0.3 is 0 Å². The summed E-state index contributed by atoms with van der Waals surface area (Å²) < 4.78 is 10.8. The van der Waals surface area contributed by atoms with Crippen LogP contribution in [-0.4, -0.2) is 22.7 Å². The summed E-state index contributed by atoms with van der Waals surface area (Å²) in [5, 5.41) is 6.60. The van der Waals surface area contributed by atoms with Gasteiger partial charge in [0, 0.05) is 0 Å². The number of hydrogen-bond donors (Lipinski definition) is 1. The largest absolute Gasteiger partial charge is 0.373 e. The lowest BCUT2D eigenvalue weighted by atomic mass is 9.95. The monoisotopic (exact) mass is 301 g/mol. The third-order valence-electron chi connectivity index (χ3n) is 3.75. The van der Waals surface area contributed by atoms with Crippen LogP contribution in [0.15, 0.2) is 28.8 Å². The van der Waals surface area contributed by atoms with Crippen LogP contribution in [0, 0.1) is 6.92 Å². The van der Waals surface area contributed by atoms with E-state index in [9.17, 15) is 4.79 Å². The highest BCUT2D eigenvalue weighted by molar-refractivity contribution is 5.77. The summed E-state index contributed by atoms with van der Waals surface area (Å²) in [4.78, 5) is 16.4. The molecule has 0 saturated carbocycles. The first-order valence-corrected chi connectivity index (χ1v) is 7.42. The fourth-order valence-electron chi connectivity index (χ4n) is 2.67. The Balaban J connectivity index is 1.63. The van der Waals surface area contributed by atoms with Crippen molar-refractivity contribution in [1.29, 1.82) is 0 Å². The molecule has 6 heteroatoms. The summed E-state index contributed by atoms with van der Waals surface area (Å²) in [6.45, 7) is 4.21. The number of aromatic nitrogens is 2. The number of nitrogens with zero attached hydrogens (tertiary/aromatic N) is 2. The van der Waals surface area contributed by atoms with Crippen molar-refractivity contribution >= 4 is 5.91 Å². The Labute approximate surface area is 128 Å². The Morgan fingerprint density at radius 2 is 2.27 bits per heavy atom. The first-order valence-electron chi connectivity index (χ1n) is 7.42. The minimum Gasteiger partial charge on any atom is -0.373 e. The van der Waals surface area contributed by atoms with E-state index in [1.807, 2.05) is 25.1 Å². The molecule has 1 aromatic carbocycles. The standard InChI is InChI=1S/C16H19N3O3/c1-10(16-18-11(2)19-22-16)17-15(20)9-14-13-6-4-3-5-12(13)7-8-21-14/h3-6,10,14H,7-9H2,1-2H3,(H,17,20)/t10-,14-/m1/s1. The second kappa shape index (κ2) is 6.27. The number of fused-ring (bicyclic) bond motifs is 1. The second-order valence-corrected chi connectivity index (χ2v) is 5.48. The maximum absolute atomic E-state index is 12.2. The van der Waals surface area contributed by atoms with Gasteiger partial charge in [0.2, 0.25) is 11.8 Å². The Morgan fingerprint density at radius 3 is 3.05 bits per heavy atom. The molecule has 0 fully saturated rings. The minimum absolute atomic E-state index is 0.0925. The molecule has 1 aliphatic heterocycles. The molecule has 22 heavy (non-hydrogen) atoms. The highest BCUT2D eigenvalue weighted by Crippen LogP contribution is 2.29. The molecular formula is C16H19N3O3. The summed E-state index contributed by atoms with van der Waals surface area (Å²) in [5.74, 6) is 0.876. The predicted octanol–water partition coefficient (Wildman–Crippen LogP) is 2.26. The zero-order chi connectivity index (χ0) is 15.5. The first kappa shape index (κ1) is 14.7. The van der Waals surface area contributed by atoms with E-state index in [0.29, 0.717) is 18.3 Å². The van der Waals surface area contributed by atoms with Crippen LogP contribution in [0.25, 0.3) is 0 Å². The van der Waals surface area contributed by atoms with E-state index in [-0.39, 0.29) is 24.5 Å². The molecule has 1 aromatic heterocycles. The third kappa shape index (κ3) is 3.17. The fourth-order valence-corrected chi connectivity index (χ4v) is 2.67. The number of benzene rings is 1. The molecule has 1 amide bonds. The lowest BCUT2D eigenvalue weighted by molar-refractivity contribution is -0.125. The van der Waals surface area contributed by atoms with Crippen molar-refractivity contribution in [2.75, 3.05) is 6.61 Å². The topological polar surface area (TPSA) is 77.2 Å². The fraction of sp³-hybridized carbons (Fsp3) is 0.438. The van der Waals surface area contributed by atoms with Crippen LogP contribution in [0.2, 0.25) is 0 Å². The average Bonchev–Trinajstić information content (AvgIpc) is 2.94. The van der Waals surface area contributed by atoms with E-state index in [4.69, 9.17) is 9.26 Å². The molecule has 2 heterocycles. The number of rotatable bonds is 4. The van der Waals surface area contributed by atoms with Crippen LogP contribution < -0.4 is 5.32 Å². The maximum atomic E-state index is 12.2. The van der Waals surface area contributed by atoms with Crippen molar-refractivity contribution in [3.8, 4) is 0 Å². The van der Waals surface area contributed by atoms with E-state index in [1.54, 1.807) is 6.92 Å². The molecule has 6 nitrogen and oxygen atoms in total. The number of nitrogens with one attached hydrogen (secondary N) is 1. The zero-order valence-electron chi connectivity index (χ0n) is 12.7. The number of amides is 1. The molecule has 0 radical (unpaired) electrons. The van der Waals surface area contributed by atoms with Crippen molar-refractivity contribution in [3.63, 3.8) is 0 Å². The normalized spacial score (nSPS) is 18.5. The lowest BCUT2D eigenvalue weighted by Crippen LogP contribution is -2.30. The van der Waals surface area contributed by atoms with Gasteiger partial charge in [-0.05, 0) is 31.4 Å². The third-order valence-corrected chi connectivity index (χ3v) is 3.75. The molecule has 0 spiro atoms. The molecule has 1 aliphatic rings. The van der Waals surface area contributed by atoms with E-state index >= 15 is 0 Å². The average molecular weight is 301 g/mol. The highest BCUT2D eigenvalue weighted by atomic mass is 16.5. The van der Waals surface area contributed by atoms with Crippen LogP contribution in [0.5, 0.6) is 0 Å². The van der Waals surface area contributed by atoms with E-state index < -0.39 is 0 Å². The molecule has 116 valence electrons. The SMILES string of the molecule is Cc1noc([C@@H](C)NC(=O)C[C@H]2OCCc3ccccc32)n1. The van der Waals surface area contributed by atoms with Gasteiger partial charge in [-0.2, -0.15) is 4.98 Å². The summed E-state index contributed by atoms with van der Waals surface area (Å²) in [7, 11) is 0. The molecular weight excluding hydrogens is 282 g/mol. The Morgan fingerprint density at radius 1 is 1.45 bits per heavy atom. The molecule has 0 saturated heterocycles. The molecule has 2 atom stereocenters. The lowest BCUT2D eigenvalue weighted by Gasteiger charge is -2.26. The van der Waals surface area contributed by atoms with Crippen LogP contribution in [0.1, 0.15) is 48.3 Å². The Hall–Kier alpha value is -2.21. The van der Waals surface area contributed by atoms with Crippen molar-refractivity contribution < 1.29 is 14.1 Å². The summed E-state index contributed by atoms with van der Waals surface area (Å²) >= 11 is 0. The molecule has 0 unspecified atom stereocenters. The summed E-state index contributed by atoms with van der Waals surface area (Å²) in [5.41, 5.74) is 2.36. The smallest absolute Gasteiger partial charge is 0.248 e. The van der Waals surface area contributed by atoms with Gasteiger partial charge in [-0.25, -0.2) is 0 Å². The molecule has 0 bridgehead atoms. The number of hydrogen-bond acceptors (Lipinski definition) is 5. The number of aryl methyl sites for hydroxylation is 1. The highest BCUT2D eigenvalue weighted by Gasteiger charge is 2.24. The van der Waals surface area contributed by atoms with E-state index in [2.05, 4.69) is 21.5 Å². The van der Waals surface area contributed by atoms with Gasteiger partial charge < -0.3 is 14.6 Å². The zero-order valence-corrected chi connectivity index (χ0v) is 12.7. The maximum Gasteiger partial charge on any atom is 0.248 e. The van der Waals surface area contributed by atoms with Crippen LogP contribution in [0.4, 0.5) is 0 Å². The number of carbonyl (C=O) groups excluding carboxylic acids is 1. The quantitative estimate of drug-likeness (QED) is 0.937. The Bertz CT molecular complexity index is 668. The van der Waals surface area contributed by atoms with Crippen molar-refractivity contribution in [2.45, 2.75) is 38.8 Å². The van der Waals surface area contributed by atoms with Crippen LogP contribution in [0.3, 0.4) is 0 Å². The minimum atomic E-state index is -0.312. The molecule has 1 N–H and O–H groups in total. The van der Waals surface area contributed by atoms with Crippen molar-refractivity contribution in [1.82, 2.24) is 15.5 Å². The summed E-state index contributed by atoms with van der Waals surface area (Å²) in [6.07, 6.45) is 0.988. The van der Waals surface area contributed by atoms with Crippen molar-refractivity contribution in [2.24, 2.45) is 0 Å². The van der Waals surface area contributed by atoms with Gasteiger partial charge in [-0.15, -0.1) is 0 Å². The van der Waals surface area contributed by atoms with E-state index in [1.165, 1.54) is 5.56 Å². The van der Waals surface area contributed by atoms with Gasteiger partial charge in [0.25, 0.3) is 0 Å². The summed E-state index contributed by atoms with van der Waals surface area (Å²) in [6, 6.07) is 7.79. The molecule has 2 aromatic rings.